The molecule has 1 N–H and O–H groups in total. The number of aromatic nitrogens is 2. The van der Waals surface area contributed by atoms with E-state index in [1.165, 1.54) is 18.4 Å². The lowest BCUT2D eigenvalue weighted by Gasteiger charge is -2.32. The Bertz CT molecular complexity index is 2010. The SMILES string of the molecule is CCCC(=NOCC(C)Oc1ccc(Cl)cc1)C1=C(O)CC(C2CCCSC2)CC1=O.CCOC(=O)[C@@H](C)Oc1ccc(Oc2cnc3cc(Cl)ccc3n2)cc1. The monoisotopic (exact) mass is 837 g/mol. The van der Waals surface area contributed by atoms with E-state index in [2.05, 4.69) is 15.1 Å². The summed E-state index contributed by atoms with van der Waals surface area (Å²) in [4.78, 5) is 38.7. The number of hydrogen-bond donors (Lipinski definition) is 1. The summed E-state index contributed by atoms with van der Waals surface area (Å²) in [6, 6.07) is 19.3. The van der Waals surface area contributed by atoms with Gasteiger partial charge in [0.25, 0.3) is 0 Å². The Kier molecular flexibility index (Phi) is 16.7. The van der Waals surface area contributed by atoms with E-state index >= 15 is 0 Å². The fraction of sp³-hybridized carbons (Fsp3) is 0.419. The number of halogens is 2. The average molecular weight is 839 g/mol. The van der Waals surface area contributed by atoms with Crippen molar-refractivity contribution in [2.75, 3.05) is 24.7 Å². The maximum absolute atomic E-state index is 12.9. The number of aliphatic hydroxyl groups excluding tert-OH is 1. The second kappa shape index (κ2) is 21.9. The van der Waals surface area contributed by atoms with Gasteiger partial charge in [-0.25, -0.2) is 14.8 Å². The number of nitrogens with zero attached hydrogens (tertiary/aromatic N) is 3. The minimum atomic E-state index is -0.681. The number of benzene rings is 3. The number of oxime groups is 1. The average Bonchev–Trinajstić information content (AvgIpc) is 3.20. The third-order valence-electron chi connectivity index (χ3n) is 9.20. The van der Waals surface area contributed by atoms with Crippen LogP contribution in [0.3, 0.4) is 0 Å². The molecule has 0 spiro atoms. The predicted molar refractivity (Wildman–Crippen MR) is 225 cm³/mol. The number of carbonyl (C=O) groups excluding carboxylic acids is 2. The van der Waals surface area contributed by atoms with Gasteiger partial charge < -0.3 is 28.9 Å². The Morgan fingerprint density at radius 2 is 1.63 bits per heavy atom. The van der Waals surface area contributed by atoms with Crippen LogP contribution in [-0.2, 0) is 19.2 Å². The van der Waals surface area contributed by atoms with Gasteiger partial charge in [0.15, 0.2) is 18.5 Å². The van der Waals surface area contributed by atoms with E-state index in [-0.39, 0.29) is 30.2 Å². The highest BCUT2D eigenvalue weighted by atomic mass is 35.5. The highest BCUT2D eigenvalue weighted by Gasteiger charge is 2.35. The van der Waals surface area contributed by atoms with Gasteiger partial charge in [0.2, 0.25) is 5.88 Å². The van der Waals surface area contributed by atoms with Crippen LogP contribution in [0.15, 0.2) is 89.4 Å². The Labute approximate surface area is 348 Å². The van der Waals surface area contributed by atoms with Gasteiger partial charge in [-0.15, -0.1) is 0 Å². The largest absolute Gasteiger partial charge is 0.511 e. The molecule has 3 aromatic carbocycles. The summed E-state index contributed by atoms with van der Waals surface area (Å²) in [5.74, 6) is 4.99. The highest BCUT2D eigenvalue weighted by Crippen LogP contribution is 2.38. The minimum absolute atomic E-state index is 0.00872. The molecule has 4 aromatic rings. The molecule has 11 nitrogen and oxygen atoms in total. The zero-order valence-corrected chi connectivity index (χ0v) is 34.9. The van der Waals surface area contributed by atoms with Crippen molar-refractivity contribution in [2.24, 2.45) is 17.0 Å². The molecular weight excluding hydrogens is 789 g/mol. The summed E-state index contributed by atoms with van der Waals surface area (Å²) in [5, 5.41) is 16.2. The highest BCUT2D eigenvalue weighted by molar-refractivity contribution is 7.99. The number of aliphatic hydroxyl groups is 1. The van der Waals surface area contributed by atoms with E-state index in [1.54, 1.807) is 80.6 Å². The second-order valence-electron chi connectivity index (χ2n) is 13.8. The van der Waals surface area contributed by atoms with Gasteiger partial charge in [-0.2, -0.15) is 11.8 Å². The van der Waals surface area contributed by atoms with Gasteiger partial charge in [-0.1, -0.05) is 41.7 Å². The maximum Gasteiger partial charge on any atom is 0.347 e. The molecule has 1 fully saturated rings. The lowest BCUT2D eigenvalue weighted by molar-refractivity contribution is -0.150. The summed E-state index contributed by atoms with van der Waals surface area (Å²) < 4.78 is 21.9. The Hall–Kier alpha value is -4.52. The quantitative estimate of drug-likeness (QED) is 0.0695. The molecule has 1 aliphatic heterocycles. The van der Waals surface area contributed by atoms with Crippen LogP contribution in [0, 0.1) is 11.8 Å². The standard InChI is InChI=1S/C24H32ClNO4S.C19H17ClN2O4/c1-3-5-21(26-29-14-16(2)30-20-9-7-19(25)8-10-20)24-22(27)12-18(13-23(24)28)17-6-4-11-31-15-17;1-3-24-19(23)12(2)25-14-5-7-15(8-6-14)26-18-11-21-17-10-13(20)4-9-16(17)22-18/h7-10,16-18,27H,3-6,11-15H2,1-2H3;4-12H,3H2,1-2H3/t;12-/m.1/s1. The van der Waals surface area contributed by atoms with Crippen molar-refractivity contribution in [1.82, 2.24) is 9.97 Å². The molecular formula is C43H49Cl2N3O8S. The van der Waals surface area contributed by atoms with Crippen LogP contribution in [0.2, 0.25) is 10.0 Å². The molecule has 0 amide bonds. The first-order valence-corrected chi connectivity index (χ1v) is 21.1. The van der Waals surface area contributed by atoms with Crippen LogP contribution >= 0.6 is 35.0 Å². The van der Waals surface area contributed by atoms with E-state index < -0.39 is 12.1 Å². The van der Waals surface area contributed by atoms with Gasteiger partial charge in [0.05, 0.1) is 35.1 Å². The predicted octanol–water partition coefficient (Wildman–Crippen LogP) is 10.6. The molecule has 2 aliphatic rings. The lowest BCUT2D eigenvalue weighted by Crippen LogP contribution is -2.31. The molecule has 57 heavy (non-hydrogen) atoms. The smallest absolute Gasteiger partial charge is 0.347 e. The van der Waals surface area contributed by atoms with E-state index in [0.717, 1.165) is 18.6 Å². The van der Waals surface area contributed by atoms with Crippen molar-refractivity contribution in [3.8, 4) is 23.1 Å². The van der Waals surface area contributed by atoms with Crippen molar-refractivity contribution >= 4 is 63.5 Å². The zero-order chi connectivity index (χ0) is 40.7. The molecule has 1 aromatic heterocycles. The molecule has 6 rings (SSSR count). The summed E-state index contributed by atoms with van der Waals surface area (Å²) in [6.07, 6.45) is 5.42. The lowest BCUT2D eigenvalue weighted by atomic mass is 9.76. The van der Waals surface area contributed by atoms with E-state index in [9.17, 15) is 14.7 Å². The number of fused-ring (bicyclic) bond motifs is 1. The van der Waals surface area contributed by atoms with Crippen molar-refractivity contribution in [3.63, 3.8) is 0 Å². The van der Waals surface area contributed by atoms with Gasteiger partial charge in [0, 0.05) is 22.9 Å². The first-order valence-electron chi connectivity index (χ1n) is 19.2. The molecule has 2 heterocycles. The summed E-state index contributed by atoms with van der Waals surface area (Å²) in [6.45, 7) is 7.85. The summed E-state index contributed by atoms with van der Waals surface area (Å²) in [7, 11) is 0. The van der Waals surface area contributed by atoms with Gasteiger partial charge in [-0.3, -0.25) is 4.79 Å². The number of thioether (sulfide) groups is 1. The number of ketones is 1. The molecule has 14 heteroatoms. The first kappa shape index (κ1) is 43.6. The Morgan fingerprint density at radius 1 is 0.930 bits per heavy atom. The topological polar surface area (TPSA) is 139 Å². The van der Waals surface area contributed by atoms with E-state index in [1.807, 2.05) is 25.6 Å². The number of carbonyl (C=O) groups is 2. The third-order valence-corrected chi connectivity index (χ3v) is 10.9. The Morgan fingerprint density at radius 3 is 2.32 bits per heavy atom. The van der Waals surface area contributed by atoms with Crippen LogP contribution in [0.4, 0.5) is 0 Å². The van der Waals surface area contributed by atoms with Crippen LogP contribution in [0.5, 0.6) is 23.1 Å². The third kappa shape index (κ3) is 13.3. The minimum Gasteiger partial charge on any atom is -0.511 e. The number of esters is 1. The molecule has 304 valence electrons. The van der Waals surface area contributed by atoms with E-state index in [0.29, 0.717) is 87.3 Å². The fourth-order valence-corrected chi connectivity index (χ4v) is 7.98. The molecule has 1 aliphatic carbocycles. The number of allylic oxidation sites excluding steroid dienone is 2. The van der Waals surface area contributed by atoms with Crippen molar-refractivity contribution in [2.45, 2.75) is 78.4 Å². The molecule has 1 saturated heterocycles. The molecule has 0 radical (unpaired) electrons. The number of rotatable bonds is 15. The maximum atomic E-state index is 12.9. The molecule has 0 saturated carbocycles. The van der Waals surface area contributed by atoms with Gasteiger partial charge in [0.1, 0.15) is 29.1 Å². The number of hydrogen-bond acceptors (Lipinski definition) is 12. The summed E-state index contributed by atoms with van der Waals surface area (Å²) >= 11 is 13.8. The molecule has 0 bridgehead atoms. The van der Waals surface area contributed by atoms with Crippen LogP contribution < -0.4 is 14.2 Å². The van der Waals surface area contributed by atoms with E-state index in [4.69, 9.17) is 47.0 Å². The molecule has 3 unspecified atom stereocenters. The zero-order valence-electron chi connectivity index (χ0n) is 32.6. The normalized spacial score (nSPS) is 18.2. The first-order chi connectivity index (χ1) is 27.5. The Balaban J connectivity index is 0.000000221. The van der Waals surface area contributed by atoms with Crippen LogP contribution in [-0.4, -0.2) is 69.5 Å². The van der Waals surface area contributed by atoms with Crippen molar-refractivity contribution in [3.05, 3.63) is 94.3 Å². The van der Waals surface area contributed by atoms with Crippen molar-refractivity contribution in [1.29, 1.82) is 0 Å². The number of Topliss-reactive ketones (excluding diaryl/α,β-unsaturated/α-hetero) is 1. The van der Waals surface area contributed by atoms with Crippen LogP contribution in [0.1, 0.15) is 66.2 Å². The number of ether oxygens (including phenoxy) is 4. The second-order valence-corrected chi connectivity index (χ2v) is 15.8. The van der Waals surface area contributed by atoms with Crippen LogP contribution in [0.25, 0.3) is 11.0 Å². The van der Waals surface area contributed by atoms with Crippen molar-refractivity contribution < 1.29 is 38.5 Å². The fourth-order valence-electron chi connectivity index (χ4n) is 6.41. The summed E-state index contributed by atoms with van der Waals surface area (Å²) in [5.41, 5.74) is 2.30. The molecule has 4 atom stereocenters. The van der Waals surface area contributed by atoms with Gasteiger partial charge in [-0.05, 0) is 130 Å². The van der Waals surface area contributed by atoms with Gasteiger partial charge >= 0.3 is 5.97 Å².